The molecule has 0 aromatic heterocycles. The van der Waals surface area contributed by atoms with E-state index in [0.717, 1.165) is 18.3 Å². The highest BCUT2D eigenvalue weighted by atomic mass is 79.9. The maximum atomic E-state index is 3.72. The molecule has 100 valence electrons. The first-order valence-corrected chi connectivity index (χ1v) is 8.75. The summed E-state index contributed by atoms with van der Waals surface area (Å²) in [5, 5.41) is 3.72. The van der Waals surface area contributed by atoms with Gasteiger partial charge < -0.3 is 5.32 Å². The second-order valence-electron chi connectivity index (χ2n) is 4.92. The van der Waals surface area contributed by atoms with Gasteiger partial charge in [0.25, 0.3) is 0 Å². The van der Waals surface area contributed by atoms with E-state index in [4.69, 9.17) is 0 Å². The molecule has 1 fully saturated rings. The van der Waals surface area contributed by atoms with Crippen LogP contribution in [0.25, 0.3) is 0 Å². The van der Waals surface area contributed by atoms with Gasteiger partial charge >= 0.3 is 0 Å². The van der Waals surface area contributed by atoms with E-state index in [9.17, 15) is 0 Å². The van der Waals surface area contributed by atoms with E-state index in [1.54, 1.807) is 0 Å². The molecule has 0 bridgehead atoms. The third kappa shape index (κ3) is 4.94. The van der Waals surface area contributed by atoms with Crippen LogP contribution in [0.4, 0.5) is 0 Å². The lowest BCUT2D eigenvalue weighted by atomic mass is 10.1. The molecule has 0 heterocycles. The summed E-state index contributed by atoms with van der Waals surface area (Å²) < 4.78 is 1.21. The molecule has 3 heteroatoms. The van der Waals surface area contributed by atoms with Gasteiger partial charge in [0.2, 0.25) is 0 Å². The smallest absolute Gasteiger partial charge is 0.0311 e. The third-order valence-electron chi connectivity index (χ3n) is 3.48. The van der Waals surface area contributed by atoms with Crippen LogP contribution in [-0.2, 0) is 0 Å². The van der Waals surface area contributed by atoms with E-state index < -0.39 is 0 Å². The summed E-state index contributed by atoms with van der Waals surface area (Å²) in [5.41, 5.74) is 0. The zero-order chi connectivity index (χ0) is 12.6. The minimum atomic E-state index is 0.771. The van der Waals surface area contributed by atoms with Crippen LogP contribution in [0.3, 0.4) is 0 Å². The van der Waals surface area contributed by atoms with Gasteiger partial charge in [-0.15, -0.1) is 11.8 Å². The minimum absolute atomic E-state index is 0.771. The Morgan fingerprint density at radius 2 is 1.83 bits per heavy atom. The van der Waals surface area contributed by atoms with Gasteiger partial charge in [-0.05, 0) is 40.9 Å². The van der Waals surface area contributed by atoms with Crippen molar-refractivity contribution in [2.75, 3.05) is 12.3 Å². The molecule has 1 saturated carbocycles. The molecule has 1 aromatic carbocycles. The first-order valence-electron chi connectivity index (χ1n) is 6.97. The van der Waals surface area contributed by atoms with Crippen molar-refractivity contribution < 1.29 is 0 Å². The Bertz CT molecular complexity index is 348. The minimum Gasteiger partial charge on any atom is -0.313 e. The number of halogens is 1. The number of rotatable bonds is 5. The van der Waals surface area contributed by atoms with E-state index in [1.807, 2.05) is 11.8 Å². The van der Waals surface area contributed by atoms with Crippen molar-refractivity contribution in [1.82, 2.24) is 5.32 Å². The van der Waals surface area contributed by atoms with E-state index in [-0.39, 0.29) is 0 Å². The standard InChI is InChI=1S/C15H22BrNS/c16-14-9-5-6-10-15(14)18-12-11-17-13-7-3-1-2-4-8-13/h5-6,9-10,13,17H,1-4,7-8,11-12H2. The van der Waals surface area contributed by atoms with Gasteiger partial charge in [-0.1, -0.05) is 37.8 Å². The zero-order valence-electron chi connectivity index (χ0n) is 10.8. The van der Waals surface area contributed by atoms with Gasteiger partial charge in [0.05, 0.1) is 0 Å². The molecule has 18 heavy (non-hydrogen) atoms. The fourth-order valence-electron chi connectivity index (χ4n) is 2.47. The topological polar surface area (TPSA) is 12.0 Å². The Labute approximate surface area is 123 Å². The summed E-state index contributed by atoms with van der Waals surface area (Å²) in [6.45, 7) is 1.12. The monoisotopic (exact) mass is 327 g/mol. The van der Waals surface area contributed by atoms with Gasteiger partial charge in [0.15, 0.2) is 0 Å². The van der Waals surface area contributed by atoms with Gasteiger partial charge in [-0.3, -0.25) is 0 Å². The van der Waals surface area contributed by atoms with Crippen molar-refractivity contribution in [3.05, 3.63) is 28.7 Å². The molecule has 1 N–H and O–H groups in total. The fourth-order valence-corrected chi connectivity index (χ4v) is 3.92. The van der Waals surface area contributed by atoms with Crippen molar-refractivity contribution in [2.45, 2.75) is 49.5 Å². The van der Waals surface area contributed by atoms with Crippen LogP contribution in [0, 0.1) is 0 Å². The summed E-state index contributed by atoms with van der Waals surface area (Å²) >= 11 is 5.53. The van der Waals surface area contributed by atoms with Gasteiger partial charge in [-0.25, -0.2) is 0 Å². The van der Waals surface area contributed by atoms with E-state index >= 15 is 0 Å². The molecule has 0 radical (unpaired) electrons. The fraction of sp³-hybridized carbons (Fsp3) is 0.600. The Kier molecular flexibility index (Phi) is 6.60. The highest BCUT2D eigenvalue weighted by Gasteiger charge is 2.10. The lowest BCUT2D eigenvalue weighted by Crippen LogP contribution is -2.30. The average Bonchev–Trinajstić information content (AvgIpc) is 2.65. The molecule has 0 unspecified atom stereocenters. The van der Waals surface area contributed by atoms with Crippen LogP contribution in [0.1, 0.15) is 38.5 Å². The SMILES string of the molecule is Brc1ccccc1SCCNC1CCCCCC1. The first-order chi connectivity index (χ1) is 8.86. The average molecular weight is 328 g/mol. The van der Waals surface area contributed by atoms with Crippen LogP contribution in [0.2, 0.25) is 0 Å². The second-order valence-corrected chi connectivity index (χ2v) is 6.91. The molecule has 0 atom stereocenters. The third-order valence-corrected chi connectivity index (χ3v) is 5.51. The Morgan fingerprint density at radius 3 is 2.56 bits per heavy atom. The summed E-state index contributed by atoms with van der Waals surface area (Å²) in [4.78, 5) is 1.35. The molecule has 1 aliphatic rings. The Morgan fingerprint density at radius 1 is 1.11 bits per heavy atom. The highest BCUT2D eigenvalue weighted by molar-refractivity contribution is 9.10. The summed E-state index contributed by atoms with van der Waals surface area (Å²) in [5.74, 6) is 1.15. The Hall–Kier alpha value is 0.01000. The summed E-state index contributed by atoms with van der Waals surface area (Å²) in [6.07, 6.45) is 8.44. The van der Waals surface area contributed by atoms with Crippen molar-refractivity contribution in [1.29, 1.82) is 0 Å². The number of thioether (sulfide) groups is 1. The normalized spacial score (nSPS) is 17.6. The molecule has 1 nitrogen and oxygen atoms in total. The molecule has 0 aliphatic heterocycles. The maximum Gasteiger partial charge on any atom is 0.0311 e. The summed E-state index contributed by atoms with van der Waals surface area (Å²) in [7, 11) is 0. The van der Waals surface area contributed by atoms with Crippen molar-refractivity contribution in [2.24, 2.45) is 0 Å². The predicted octanol–water partition coefficient (Wildman–Crippen LogP) is 4.85. The van der Waals surface area contributed by atoms with Crippen molar-refractivity contribution in [3.63, 3.8) is 0 Å². The van der Waals surface area contributed by atoms with E-state index in [0.29, 0.717) is 0 Å². The van der Waals surface area contributed by atoms with Crippen molar-refractivity contribution >= 4 is 27.7 Å². The highest BCUT2D eigenvalue weighted by Crippen LogP contribution is 2.26. The molecular weight excluding hydrogens is 306 g/mol. The van der Waals surface area contributed by atoms with Gasteiger partial charge in [0.1, 0.15) is 0 Å². The van der Waals surface area contributed by atoms with E-state index in [2.05, 4.69) is 45.5 Å². The van der Waals surface area contributed by atoms with Gasteiger partial charge in [-0.2, -0.15) is 0 Å². The summed E-state index contributed by atoms with van der Waals surface area (Å²) in [6, 6.07) is 9.23. The molecule has 1 aliphatic carbocycles. The molecule has 0 saturated heterocycles. The van der Waals surface area contributed by atoms with Crippen LogP contribution in [0.5, 0.6) is 0 Å². The predicted molar refractivity (Wildman–Crippen MR) is 84.4 cm³/mol. The lowest BCUT2D eigenvalue weighted by molar-refractivity contribution is 0.474. The van der Waals surface area contributed by atoms with Crippen LogP contribution < -0.4 is 5.32 Å². The van der Waals surface area contributed by atoms with Crippen LogP contribution in [-0.4, -0.2) is 18.3 Å². The van der Waals surface area contributed by atoms with Crippen LogP contribution >= 0.6 is 27.7 Å². The van der Waals surface area contributed by atoms with Crippen molar-refractivity contribution in [3.8, 4) is 0 Å². The zero-order valence-corrected chi connectivity index (χ0v) is 13.2. The number of hydrogen-bond donors (Lipinski definition) is 1. The Balaban J connectivity index is 1.65. The molecule has 0 spiro atoms. The molecule has 2 rings (SSSR count). The second kappa shape index (κ2) is 8.23. The largest absolute Gasteiger partial charge is 0.313 e. The van der Waals surface area contributed by atoms with Gasteiger partial charge in [0, 0.05) is 27.7 Å². The number of benzene rings is 1. The molecule has 0 amide bonds. The molecular formula is C15H22BrNS. The molecule has 1 aromatic rings. The first kappa shape index (κ1) is 14.4. The van der Waals surface area contributed by atoms with Crippen LogP contribution in [0.15, 0.2) is 33.6 Å². The van der Waals surface area contributed by atoms with E-state index in [1.165, 1.54) is 47.9 Å². The number of nitrogens with one attached hydrogen (secondary N) is 1. The quantitative estimate of drug-likeness (QED) is 0.471. The lowest BCUT2D eigenvalue weighted by Gasteiger charge is -2.15. The number of hydrogen-bond acceptors (Lipinski definition) is 2. The maximum absolute atomic E-state index is 3.72.